The van der Waals surface area contributed by atoms with Crippen LogP contribution in [0.5, 0.6) is 0 Å². The molecule has 0 aliphatic heterocycles. The van der Waals surface area contributed by atoms with Gasteiger partial charge in [0.05, 0.1) is 7.11 Å². The molecule has 0 aromatic carbocycles. The van der Waals surface area contributed by atoms with Crippen LogP contribution < -0.4 is 5.32 Å². The molecule has 0 aliphatic rings. The maximum absolute atomic E-state index is 11.3. The van der Waals surface area contributed by atoms with Crippen LogP contribution in [-0.2, 0) is 14.3 Å². The maximum Gasteiger partial charge on any atom is 0.408 e. The van der Waals surface area contributed by atoms with Gasteiger partial charge in [-0.25, -0.2) is 9.59 Å². The molecule has 16 heavy (non-hydrogen) atoms. The number of hydrogen-bond acceptors (Lipinski definition) is 4. The molecule has 0 spiro atoms. The van der Waals surface area contributed by atoms with Crippen molar-refractivity contribution in [2.75, 3.05) is 7.11 Å². The third kappa shape index (κ3) is 7.84. The van der Waals surface area contributed by atoms with Crippen LogP contribution in [0, 0.1) is 0 Å². The highest BCUT2D eigenvalue weighted by molar-refractivity contribution is 5.82. The van der Waals surface area contributed by atoms with Crippen molar-refractivity contribution in [1.29, 1.82) is 0 Å². The van der Waals surface area contributed by atoms with Crippen LogP contribution in [-0.4, -0.2) is 30.8 Å². The number of carbonyl (C=O) groups is 2. The highest BCUT2D eigenvalue weighted by Gasteiger charge is 2.16. The van der Waals surface area contributed by atoms with Crippen molar-refractivity contribution in [2.24, 2.45) is 0 Å². The summed E-state index contributed by atoms with van der Waals surface area (Å²) in [6.07, 6.45) is 2.26. The van der Waals surface area contributed by atoms with E-state index in [0.717, 1.165) is 0 Å². The predicted octanol–water partition coefficient (Wildman–Crippen LogP) is 1.63. The molecule has 0 radical (unpaired) electrons. The minimum Gasteiger partial charge on any atom is -0.466 e. The largest absolute Gasteiger partial charge is 0.466 e. The van der Waals surface area contributed by atoms with E-state index in [2.05, 4.69) is 10.1 Å². The molecule has 1 N–H and O–H groups in total. The molecule has 0 bridgehead atoms. The van der Waals surface area contributed by atoms with E-state index in [1.54, 1.807) is 27.7 Å². The Labute approximate surface area is 95.8 Å². The predicted molar refractivity (Wildman–Crippen MR) is 60.0 cm³/mol. The minimum atomic E-state index is -0.532. The van der Waals surface area contributed by atoms with Gasteiger partial charge < -0.3 is 14.8 Å². The van der Waals surface area contributed by atoms with Crippen molar-refractivity contribution in [1.82, 2.24) is 5.32 Å². The van der Waals surface area contributed by atoms with Gasteiger partial charge in [-0.1, -0.05) is 6.08 Å². The molecule has 5 nitrogen and oxygen atoms in total. The molecule has 5 heteroatoms. The SMILES string of the molecule is COC(=O)C=C[C@@H](C)NC(=O)OC(C)(C)C. The molecule has 0 saturated carbocycles. The summed E-state index contributed by atoms with van der Waals surface area (Å²) in [5.74, 6) is -0.460. The van der Waals surface area contributed by atoms with Crippen LogP contribution in [0.4, 0.5) is 4.79 Å². The van der Waals surface area contributed by atoms with Gasteiger partial charge in [-0.2, -0.15) is 0 Å². The van der Waals surface area contributed by atoms with Crippen LogP contribution in [0.1, 0.15) is 27.7 Å². The summed E-state index contributed by atoms with van der Waals surface area (Å²) < 4.78 is 9.46. The van der Waals surface area contributed by atoms with E-state index in [1.807, 2.05) is 0 Å². The molecule has 0 aromatic heterocycles. The summed E-state index contributed by atoms with van der Waals surface area (Å²) >= 11 is 0. The molecular formula is C11H19NO4. The lowest BCUT2D eigenvalue weighted by molar-refractivity contribution is -0.134. The molecule has 1 atom stereocenters. The molecule has 0 saturated heterocycles. The van der Waals surface area contributed by atoms with Crippen molar-refractivity contribution < 1.29 is 19.1 Å². The zero-order valence-corrected chi connectivity index (χ0v) is 10.4. The molecule has 0 aliphatic carbocycles. The summed E-state index contributed by atoms with van der Waals surface area (Å²) in [5.41, 5.74) is -0.532. The first kappa shape index (κ1) is 14.5. The van der Waals surface area contributed by atoms with Crippen LogP contribution >= 0.6 is 0 Å². The van der Waals surface area contributed by atoms with Crippen molar-refractivity contribution in [3.63, 3.8) is 0 Å². The number of esters is 1. The lowest BCUT2D eigenvalue weighted by Gasteiger charge is -2.20. The van der Waals surface area contributed by atoms with Gasteiger partial charge in [-0.3, -0.25) is 0 Å². The zero-order chi connectivity index (χ0) is 12.8. The van der Waals surface area contributed by atoms with Gasteiger partial charge in [0.1, 0.15) is 5.60 Å². The van der Waals surface area contributed by atoms with E-state index in [0.29, 0.717) is 0 Å². The first-order valence-electron chi connectivity index (χ1n) is 5.00. The highest BCUT2D eigenvalue weighted by atomic mass is 16.6. The van der Waals surface area contributed by atoms with Gasteiger partial charge in [0.15, 0.2) is 0 Å². The normalized spacial score (nSPS) is 13.3. The first-order chi connectivity index (χ1) is 7.24. The fourth-order valence-electron chi connectivity index (χ4n) is 0.833. The van der Waals surface area contributed by atoms with Crippen LogP contribution in [0.25, 0.3) is 0 Å². The number of carbonyl (C=O) groups excluding carboxylic acids is 2. The van der Waals surface area contributed by atoms with Crippen molar-refractivity contribution in [2.45, 2.75) is 39.3 Å². The number of methoxy groups -OCH3 is 1. The van der Waals surface area contributed by atoms with Gasteiger partial charge in [0.2, 0.25) is 0 Å². The standard InChI is InChI=1S/C11H19NO4/c1-8(6-7-9(13)15-5)12-10(14)16-11(2,3)4/h6-8H,1-5H3,(H,12,14)/t8-/m1/s1. The number of nitrogens with one attached hydrogen (secondary N) is 1. The molecule has 1 amide bonds. The number of rotatable bonds is 3. The minimum absolute atomic E-state index is 0.297. The number of hydrogen-bond donors (Lipinski definition) is 1. The average molecular weight is 229 g/mol. The zero-order valence-electron chi connectivity index (χ0n) is 10.4. The monoisotopic (exact) mass is 229 g/mol. The quantitative estimate of drug-likeness (QED) is 0.590. The molecular weight excluding hydrogens is 210 g/mol. The van der Waals surface area contributed by atoms with Crippen LogP contribution in [0.3, 0.4) is 0 Å². The lowest BCUT2D eigenvalue weighted by atomic mass is 10.2. The van der Waals surface area contributed by atoms with Gasteiger partial charge in [0.25, 0.3) is 0 Å². The number of ether oxygens (including phenoxy) is 2. The summed E-state index contributed by atoms with van der Waals surface area (Å²) in [5, 5.41) is 2.56. The lowest BCUT2D eigenvalue weighted by Crippen LogP contribution is -2.36. The Balaban J connectivity index is 4.06. The van der Waals surface area contributed by atoms with Crippen molar-refractivity contribution >= 4 is 12.1 Å². The van der Waals surface area contributed by atoms with Crippen molar-refractivity contribution in [3.8, 4) is 0 Å². The maximum atomic E-state index is 11.3. The Morgan fingerprint density at radius 3 is 2.31 bits per heavy atom. The Hall–Kier alpha value is -1.52. The second-order valence-electron chi connectivity index (χ2n) is 4.32. The second kappa shape index (κ2) is 6.15. The van der Waals surface area contributed by atoms with E-state index in [9.17, 15) is 9.59 Å². The van der Waals surface area contributed by atoms with Crippen LogP contribution in [0.15, 0.2) is 12.2 Å². The number of amides is 1. The molecule has 0 aromatic rings. The summed E-state index contributed by atoms with van der Waals surface area (Å²) in [7, 11) is 1.29. The van der Waals surface area contributed by atoms with E-state index in [4.69, 9.17) is 4.74 Å². The fraction of sp³-hybridized carbons (Fsp3) is 0.636. The summed E-state index contributed by atoms with van der Waals surface area (Å²) in [6, 6.07) is -0.297. The Morgan fingerprint density at radius 1 is 1.31 bits per heavy atom. The summed E-state index contributed by atoms with van der Waals surface area (Å²) in [4.78, 5) is 22.1. The molecule has 0 unspecified atom stereocenters. The van der Waals surface area contributed by atoms with Crippen LogP contribution in [0.2, 0.25) is 0 Å². The van der Waals surface area contributed by atoms with E-state index < -0.39 is 17.7 Å². The highest BCUT2D eigenvalue weighted by Crippen LogP contribution is 2.06. The van der Waals surface area contributed by atoms with Crippen molar-refractivity contribution in [3.05, 3.63) is 12.2 Å². The Morgan fingerprint density at radius 2 is 1.88 bits per heavy atom. The first-order valence-corrected chi connectivity index (χ1v) is 5.00. The average Bonchev–Trinajstić information content (AvgIpc) is 2.10. The molecule has 0 fully saturated rings. The smallest absolute Gasteiger partial charge is 0.408 e. The van der Waals surface area contributed by atoms with Gasteiger partial charge >= 0.3 is 12.1 Å². The van der Waals surface area contributed by atoms with E-state index in [-0.39, 0.29) is 6.04 Å². The third-order valence-corrected chi connectivity index (χ3v) is 1.47. The van der Waals surface area contributed by atoms with E-state index in [1.165, 1.54) is 19.3 Å². The van der Waals surface area contributed by atoms with Gasteiger partial charge in [-0.05, 0) is 27.7 Å². The van der Waals surface area contributed by atoms with Gasteiger partial charge in [-0.15, -0.1) is 0 Å². The third-order valence-electron chi connectivity index (χ3n) is 1.47. The van der Waals surface area contributed by atoms with Gasteiger partial charge in [0, 0.05) is 12.1 Å². The number of alkyl carbamates (subject to hydrolysis) is 1. The molecule has 92 valence electrons. The molecule has 0 heterocycles. The summed E-state index contributed by atoms with van der Waals surface area (Å²) in [6.45, 7) is 7.06. The Bertz CT molecular complexity index is 278. The van der Waals surface area contributed by atoms with E-state index >= 15 is 0 Å². The topological polar surface area (TPSA) is 64.6 Å². The second-order valence-corrected chi connectivity index (χ2v) is 4.32. The fourth-order valence-corrected chi connectivity index (χ4v) is 0.833. The molecule has 0 rings (SSSR count). The Kier molecular flexibility index (Phi) is 5.56.